The summed E-state index contributed by atoms with van der Waals surface area (Å²) >= 11 is 0. The van der Waals surface area contributed by atoms with E-state index in [2.05, 4.69) is 5.10 Å². The fourth-order valence-corrected chi connectivity index (χ4v) is 3.49. The van der Waals surface area contributed by atoms with Gasteiger partial charge in [0.25, 0.3) is 0 Å². The van der Waals surface area contributed by atoms with Crippen molar-refractivity contribution in [3.8, 4) is 22.6 Å². The summed E-state index contributed by atoms with van der Waals surface area (Å²) < 4.78 is 13.0. The second-order valence-electron chi connectivity index (χ2n) is 6.38. The van der Waals surface area contributed by atoms with Crippen LogP contribution in [0, 0.1) is 0 Å². The Morgan fingerprint density at radius 3 is 2.81 bits per heavy atom. The number of phenols is 1. The van der Waals surface area contributed by atoms with Gasteiger partial charge in [-0.1, -0.05) is 6.07 Å². The largest absolute Gasteiger partial charge is 0.504 e. The number of phenolic OH excluding ortho intramolecular Hbond substituents is 1. The Morgan fingerprint density at radius 1 is 1.19 bits per heavy atom. The fraction of sp³-hybridized carbons (Fsp3) is 0.100. The number of methoxy groups -OCH3 is 1. The molecule has 0 aliphatic rings. The van der Waals surface area contributed by atoms with Crippen molar-refractivity contribution < 1.29 is 14.3 Å². The highest BCUT2D eigenvalue weighted by atomic mass is 16.5. The summed E-state index contributed by atoms with van der Waals surface area (Å²) in [7, 11) is 3.37. The molecule has 0 amide bonds. The van der Waals surface area contributed by atoms with Crippen molar-refractivity contribution in [2.24, 2.45) is 7.05 Å². The maximum atomic E-state index is 11.7. The van der Waals surface area contributed by atoms with E-state index in [-0.39, 0.29) is 11.2 Å². The van der Waals surface area contributed by atoms with Crippen molar-refractivity contribution in [2.75, 3.05) is 7.11 Å². The lowest BCUT2D eigenvalue weighted by atomic mass is 10.0. The van der Waals surface area contributed by atoms with E-state index in [1.807, 2.05) is 24.0 Å². The molecule has 0 aliphatic carbocycles. The zero-order chi connectivity index (χ0) is 18.7. The number of H-pyrrole nitrogens is 1. The van der Waals surface area contributed by atoms with Crippen LogP contribution in [0.15, 0.2) is 51.8 Å². The van der Waals surface area contributed by atoms with E-state index in [1.54, 1.807) is 18.2 Å². The van der Waals surface area contributed by atoms with Gasteiger partial charge in [-0.3, -0.25) is 9.48 Å². The number of benzene rings is 2. The molecule has 7 nitrogen and oxygen atoms in total. The molecule has 0 atom stereocenters. The number of aryl methyl sites for hydroxylation is 1. The van der Waals surface area contributed by atoms with Crippen molar-refractivity contribution in [2.45, 2.75) is 0 Å². The van der Waals surface area contributed by atoms with Crippen molar-refractivity contribution in [1.29, 1.82) is 0 Å². The van der Waals surface area contributed by atoms with E-state index < -0.39 is 0 Å². The number of fused-ring (bicyclic) bond motifs is 4. The summed E-state index contributed by atoms with van der Waals surface area (Å²) in [6, 6.07) is 9.87. The van der Waals surface area contributed by atoms with Gasteiger partial charge >= 0.3 is 0 Å². The maximum absolute atomic E-state index is 11.7. The SMILES string of the molecule is COc1ccc(-c2c3c[nH]n(C)c3nc3c2oc2cc(=O)ccc23)cc1O. The first-order valence-corrected chi connectivity index (χ1v) is 8.34. The zero-order valence-corrected chi connectivity index (χ0v) is 14.6. The number of ether oxygens (including phenoxy) is 1. The minimum atomic E-state index is -0.122. The van der Waals surface area contributed by atoms with Crippen LogP contribution in [0.1, 0.15) is 0 Å². The molecular weight excluding hydrogens is 346 g/mol. The molecule has 0 aliphatic heterocycles. The van der Waals surface area contributed by atoms with E-state index in [4.69, 9.17) is 14.1 Å². The van der Waals surface area contributed by atoms with Crippen LogP contribution >= 0.6 is 0 Å². The van der Waals surface area contributed by atoms with Crippen LogP contribution in [0.25, 0.3) is 44.2 Å². The summed E-state index contributed by atoms with van der Waals surface area (Å²) in [5, 5.41) is 15.0. The Labute approximate surface area is 152 Å². The van der Waals surface area contributed by atoms with Crippen LogP contribution in [0.2, 0.25) is 0 Å². The van der Waals surface area contributed by atoms with Gasteiger partial charge in [0.05, 0.1) is 7.11 Å². The number of nitrogens with zero attached hydrogens (tertiary/aromatic N) is 2. The summed E-state index contributed by atoms with van der Waals surface area (Å²) in [6.45, 7) is 0. The van der Waals surface area contributed by atoms with Gasteiger partial charge in [-0.15, -0.1) is 0 Å². The highest BCUT2D eigenvalue weighted by molar-refractivity contribution is 6.14. The van der Waals surface area contributed by atoms with E-state index in [1.165, 1.54) is 19.2 Å². The fourth-order valence-electron chi connectivity index (χ4n) is 3.49. The Bertz CT molecular complexity index is 1410. The third kappa shape index (κ3) is 2.15. The van der Waals surface area contributed by atoms with Crippen LogP contribution in [0.4, 0.5) is 0 Å². The standard InChI is InChI=1S/C20H15N3O4/c1-23-20-13(9-21-23)17(10-3-6-15(26-2)14(25)7-10)19-18(22-20)12-5-4-11(24)8-16(12)27-19/h3-9,21,25H,1-2H3. The molecule has 3 aromatic heterocycles. The predicted octanol–water partition coefficient (Wildman–Crippen LogP) is 3.54. The summed E-state index contributed by atoms with van der Waals surface area (Å²) in [6.07, 6.45) is 1.84. The Hall–Kier alpha value is -3.74. The monoisotopic (exact) mass is 361 g/mol. The minimum absolute atomic E-state index is 0.0333. The van der Waals surface area contributed by atoms with E-state index in [0.717, 1.165) is 27.5 Å². The normalized spacial score (nSPS) is 11.6. The van der Waals surface area contributed by atoms with Crippen molar-refractivity contribution in [3.63, 3.8) is 0 Å². The highest BCUT2D eigenvalue weighted by Crippen LogP contribution is 2.41. The number of aromatic hydroxyl groups is 1. The first kappa shape index (κ1) is 15.5. The molecule has 5 rings (SSSR count). The molecule has 0 radical (unpaired) electrons. The molecule has 3 heterocycles. The minimum Gasteiger partial charge on any atom is -0.504 e. The zero-order valence-electron chi connectivity index (χ0n) is 14.6. The van der Waals surface area contributed by atoms with E-state index >= 15 is 0 Å². The van der Waals surface area contributed by atoms with Gasteiger partial charge in [0, 0.05) is 35.6 Å². The molecule has 0 spiro atoms. The van der Waals surface area contributed by atoms with E-state index in [0.29, 0.717) is 22.4 Å². The number of pyridine rings is 1. The first-order chi connectivity index (χ1) is 13.1. The van der Waals surface area contributed by atoms with Crippen LogP contribution in [0.5, 0.6) is 11.5 Å². The average Bonchev–Trinajstić information content (AvgIpc) is 3.20. The number of aromatic amines is 1. The average molecular weight is 361 g/mol. The Kier molecular flexibility index (Phi) is 3.09. The van der Waals surface area contributed by atoms with E-state index in [9.17, 15) is 9.90 Å². The quantitative estimate of drug-likeness (QED) is 0.502. The Morgan fingerprint density at radius 2 is 2.04 bits per heavy atom. The first-order valence-electron chi connectivity index (χ1n) is 8.34. The van der Waals surface area contributed by atoms with Crippen molar-refractivity contribution in [3.05, 3.63) is 52.8 Å². The molecule has 134 valence electrons. The number of aromatic nitrogens is 3. The van der Waals surface area contributed by atoms with Crippen LogP contribution in [0.3, 0.4) is 0 Å². The summed E-state index contributed by atoms with van der Waals surface area (Å²) in [5.41, 5.74) is 3.87. The molecule has 0 fully saturated rings. The Balaban J connectivity index is 1.97. The molecular formula is C20H15N3O4. The van der Waals surface area contributed by atoms with Crippen LogP contribution < -0.4 is 10.2 Å². The van der Waals surface area contributed by atoms with Gasteiger partial charge in [0.2, 0.25) is 0 Å². The maximum Gasteiger partial charge on any atom is 0.182 e. The topological polar surface area (TPSA) is 93.3 Å². The van der Waals surface area contributed by atoms with Gasteiger partial charge in [-0.2, -0.15) is 0 Å². The molecule has 0 saturated carbocycles. The molecule has 0 bridgehead atoms. The number of rotatable bonds is 2. The lowest BCUT2D eigenvalue weighted by Crippen LogP contribution is -1.94. The lowest BCUT2D eigenvalue weighted by molar-refractivity contribution is 0.373. The summed E-state index contributed by atoms with van der Waals surface area (Å²) in [5.74, 6) is 0.423. The van der Waals surface area contributed by atoms with Crippen LogP contribution in [-0.2, 0) is 7.05 Å². The predicted molar refractivity (Wildman–Crippen MR) is 102 cm³/mol. The molecule has 2 N–H and O–H groups in total. The molecule has 0 unspecified atom stereocenters. The lowest BCUT2D eigenvalue weighted by Gasteiger charge is -2.08. The van der Waals surface area contributed by atoms with Gasteiger partial charge in [-0.25, -0.2) is 4.98 Å². The molecule has 0 saturated heterocycles. The van der Waals surface area contributed by atoms with Crippen LogP contribution in [-0.4, -0.2) is 27.0 Å². The second kappa shape index (κ2) is 5.38. The number of nitrogens with one attached hydrogen (secondary N) is 1. The third-order valence-electron chi connectivity index (χ3n) is 4.78. The van der Waals surface area contributed by atoms with Gasteiger partial charge in [0.15, 0.2) is 28.2 Å². The molecule has 27 heavy (non-hydrogen) atoms. The summed E-state index contributed by atoms with van der Waals surface area (Å²) in [4.78, 5) is 16.5. The number of hydrogen-bond donors (Lipinski definition) is 2. The number of hydrogen-bond acceptors (Lipinski definition) is 5. The number of furan rings is 1. The highest BCUT2D eigenvalue weighted by Gasteiger charge is 2.20. The second-order valence-corrected chi connectivity index (χ2v) is 6.38. The molecule has 5 aromatic rings. The molecule has 7 heteroatoms. The van der Waals surface area contributed by atoms with Crippen molar-refractivity contribution in [1.82, 2.24) is 14.8 Å². The van der Waals surface area contributed by atoms with Crippen molar-refractivity contribution >= 4 is 33.1 Å². The smallest absolute Gasteiger partial charge is 0.182 e. The van der Waals surface area contributed by atoms with Gasteiger partial charge in [0.1, 0.15) is 11.1 Å². The van der Waals surface area contributed by atoms with Gasteiger partial charge < -0.3 is 19.4 Å². The molecule has 2 aromatic carbocycles. The van der Waals surface area contributed by atoms with Gasteiger partial charge in [-0.05, 0) is 29.8 Å². The third-order valence-corrected chi connectivity index (χ3v) is 4.78.